The van der Waals surface area contributed by atoms with Gasteiger partial charge in [0, 0.05) is 6.42 Å². The summed E-state index contributed by atoms with van der Waals surface area (Å²) in [4.78, 5) is 24.9. The van der Waals surface area contributed by atoms with E-state index in [1.807, 2.05) is 6.92 Å². The quantitative estimate of drug-likeness (QED) is 0.559. The van der Waals surface area contributed by atoms with Crippen LogP contribution in [0.4, 0.5) is 0 Å². The number of carbonyl (C=O) groups excluding carboxylic acids is 1. The van der Waals surface area contributed by atoms with Crippen LogP contribution in [0.3, 0.4) is 0 Å². The van der Waals surface area contributed by atoms with Crippen molar-refractivity contribution in [1.29, 1.82) is 0 Å². The minimum absolute atomic E-state index is 0.0211. The Hall–Kier alpha value is -1.23. The maximum atomic E-state index is 10.6. The third-order valence-electron chi connectivity index (χ3n) is 1.86. The molecule has 1 rings (SSSR count). The molecule has 0 unspecified atom stereocenters. The first-order valence-electron chi connectivity index (χ1n) is 4.30. The molecule has 1 aromatic rings. The van der Waals surface area contributed by atoms with Crippen molar-refractivity contribution in [2.75, 3.05) is 0 Å². The molecule has 0 radical (unpaired) electrons. The monoisotopic (exact) mass is 215 g/mol. The first-order chi connectivity index (χ1) is 6.74. The summed E-state index contributed by atoms with van der Waals surface area (Å²) in [5.74, 6) is 0.439. The van der Waals surface area contributed by atoms with Gasteiger partial charge in [-0.3, -0.25) is 4.79 Å². The molecule has 1 aromatic heterocycles. The molecule has 76 valence electrons. The molecule has 0 spiro atoms. The Morgan fingerprint density at radius 3 is 2.86 bits per heavy atom. The number of imidazole rings is 1. The summed E-state index contributed by atoms with van der Waals surface area (Å²) in [6.45, 7) is 2.02. The number of aromatic nitrogens is 2. The minimum Gasteiger partial charge on any atom is -0.296 e. The fourth-order valence-corrected chi connectivity index (χ4v) is 1.35. The van der Waals surface area contributed by atoms with Crippen LogP contribution >= 0.6 is 11.6 Å². The first kappa shape index (κ1) is 10.8. The molecule has 0 saturated carbocycles. The van der Waals surface area contributed by atoms with Gasteiger partial charge in [0.2, 0.25) is 0 Å². The van der Waals surface area contributed by atoms with Crippen LogP contribution in [0.15, 0.2) is 5.29 Å². The molecule has 5 nitrogen and oxygen atoms in total. The Morgan fingerprint density at radius 1 is 1.64 bits per heavy atom. The molecular formula is C8H10ClN3O2. The van der Waals surface area contributed by atoms with E-state index in [1.54, 1.807) is 0 Å². The summed E-state index contributed by atoms with van der Waals surface area (Å²) in [5.41, 5.74) is 0.0211. The van der Waals surface area contributed by atoms with Crippen LogP contribution < -0.4 is 0 Å². The summed E-state index contributed by atoms with van der Waals surface area (Å²) < 4.78 is 0.949. The number of aldehydes is 1. The van der Waals surface area contributed by atoms with Gasteiger partial charge in [0.15, 0.2) is 11.4 Å². The van der Waals surface area contributed by atoms with Gasteiger partial charge in [0.05, 0.1) is 5.29 Å². The molecule has 0 aliphatic carbocycles. The van der Waals surface area contributed by atoms with Gasteiger partial charge < -0.3 is 0 Å². The summed E-state index contributed by atoms with van der Waals surface area (Å²) >= 11 is 5.65. The molecule has 14 heavy (non-hydrogen) atoms. The Morgan fingerprint density at radius 2 is 2.36 bits per heavy atom. The van der Waals surface area contributed by atoms with Crippen molar-refractivity contribution in [3.63, 3.8) is 0 Å². The van der Waals surface area contributed by atoms with Crippen LogP contribution in [0, 0.1) is 4.91 Å². The number of nitroso groups, excluding NO2 is 1. The van der Waals surface area contributed by atoms with Gasteiger partial charge in [-0.15, -0.1) is 4.91 Å². The first-order valence-corrected chi connectivity index (χ1v) is 4.68. The normalized spacial score (nSPS) is 10.1. The number of unbranched alkanes of at least 4 members (excludes halogenated alkanes) is 1. The Labute approximate surface area is 86.0 Å². The Kier molecular flexibility index (Phi) is 3.76. The second-order valence-electron chi connectivity index (χ2n) is 2.82. The standard InChI is InChI=1S/C8H10ClN3O2/c1-2-3-4-7-10-8(9)6(5-13)12(7)11-14/h5H,2-4H2,1H3. The zero-order chi connectivity index (χ0) is 10.6. The molecule has 0 aromatic carbocycles. The zero-order valence-electron chi connectivity index (χ0n) is 7.73. The number of carbonyl (C=O) groups is 1. The van der Waals surface area contributed by atoms with Gasteiger partial charge in [-0.05, 0) is 6.42 Å². The molecule has 0 aliphatic heterocycles. The lowest BCUT2D eigenvalue weighted by Crippen LogP contribution is -2.00. The third kappa shape index (κ3) is 1.98. The molecule has 1 heterocycles. The lowest BCUT2D eigenvalue weighted by Gasteiger charge is -1.97. The van der Waals surface area contributed by atoms with E-state index in [-0.39, 0.29) is 10.8 Å². The SMILES string of the molecule is CCCCc1nc(Cl)c(C=O)n1N=O. The predicted molar refractivity (Wildman–Crippen MR) is 52.4 cm³/mol. The van der Waals surface area contributed by atoms with Crippen molar-refractivity contribution in [3.05, 3.63) is 21.6 Å². The summed E-state index contributed by atoms with van der Waals surface area (Å²) in [7, 11) is 0. The van der Waals surface area contributed by atoms with Crippen LogP contribution in [0.25, 0.3) is 0 Å². The number of halogens is 1. The van der Waals surface area contributed by atoms with E-state index in [2.05, 4.69) is 10.3 Å². The molecule has 0 amide bonds. The second kappa shape index (κ2) is 4.85. The van der Waals surface area contributed by atoms with E-state index < -0.39 is 0 Å². The van der Waals surface area contributed by atoms with Crippen molar-refractivity contribution in [2.24, 2.45) is 5.29 Å². The lowest BCUT2D eigenvalue weighted by atomic mass is 10.2. The number of nitrogens with zero attached hydrogens (tertiary/aromatic N) is 3. The molecular weight excluding hydrogens is 206 g/mol. The maximum absolute atomic E-state index is 10.6. The fraction of sp³-hybridized carbons (Fsp3) is 0.500. The number of hydrogen-bond acceptors (Lipinski definition) is 4. The van der Waals surface area contributed by atoms with Crippen LogP contribution in [-0.2, 0) is 6.42 Å². The van der Waals surface area contributed by atoms with Crippen molar-refractivity contribution >= 4 is 17.9 Å². The van der Waals surface area contributed by atoms with Gasteiger partial charge >= 0.3 is 0 Å². The smallest absolute Gasteiger partial charge is 0.171 e. The van der Waals surface area contributed by atoms with Gasteiger partial charge in [-0.25, -0.2) is 4.98 Å². The second-order valence-corrected chi connectivity index (χ2v) is 3.18. The van der Waals surface area contributed by atoms with Crippen LogP contribution in [0.5, 0.6) is 0 Å². The van der Waals surface area contributed by atoms with Crippen molar-refractivity contribution < 1.29 is 4.79 Å². The largest absolute Gasteiger partial charge is 0.296 e. The number of hydrogen-bond donors (Lipinski definition) is 0. The van der Waals surface area contributed by atoms with E-state index >= 15 is 0 Å². The highest BCUT2D eigenvalue weighted by Crippen LogP contribution is 2.16. The van der Waals surface area contributed by atoms with Crippen LogP contribution in [-0.4, -0.2) is 15.9 Å². The fourth-order valence-electron chi connectivity index (χ4n) is 1.13. The maximum Gasteiger partial charge on any atom is 0.171 e. The van der Waals surface area contributed by atoms with E-state index in [0.717, 1.165) is 17.5 Å². The van der Waals surface area contributed by atoms with E-state index in [1.165, 1.54) is 0 Å². The molecule has 0 aliphatic rings. The highest BCUT2D eigenvalue weighted by atomic mass is 35.5. The lowest BCUT2D eigenvalue weighted by molar-refractivity contribution is 0.111. The summed E-state index contributed by atoms with van der Waals surface area (Å²) in [6, 6.07) is 0. The molecule has 0 atom stereocenters. The number of aryl methyl sites for hydroxylation is 1. The van der Waals surface area contributed by atoms with Gasteiger partial charge in [0.1, 0.15) is 11.5 Å². The average molecular weight is 216 g/mol. The minimum atomic E-state index is 0.0211. The van der Waals surface area contributed by atoms with Gasteiger partial charge in [0.25, 0.3) is 0 Å². The Bertz CT molecular complexity index is 349. The van der Waals surface area contributed by atoms with Crippen molar-refractivity contribution in [3.8, 4) is 0 Å². The highest BCUT2D eigenvalue weighted by molar-refractivity contribution is 6.31. The average Bonchev–Trinajstić information content (AvgIpc) is 2.50. The van der Waals surface area contributed by atoms with Crippen molar-refractivity contribution in [2.45, 2.75) is 26.2 Å². The Balaban J connectivity index is 3.04. The molecule has 6 heteroatoms. The molecule has 0 bridgehead atoms. The van der Waals surface area contributed by atoms with E-state index in [9.17, 15) is 9.70 Å². The van der Waals surface area contributed by atoms with Crippen LogP contribution in [0.2, 0.25) is 5.15 Å². The summed E-state index contributed by atoms with van der Waals surface area (Å²) in [5, 5.41) is 2.74. The summed E-state index contributed by atoms with van der Waals surface area (Å²) in [6.07, 6.45) is 2.92. The van der Waals surface area contributed by atoms with Crippen molar-refractivity contribution in [1.82, 2.24) is 9.66 Å². The molecule has 0 fully saturated rings. The molecule has 0 N–H and O–H groups in total. The van der Waals surface area contributed by atoms with Gasteiger partial charge in [-0.2, -0.15) is 4.68 Å². The van der Waals surface area contributed by atoms with E-state index in [0.29, 0.717) is 18.5 Å². The predicted octanol–water partition coefficient (Wildman–Crippen LogP) is 2.22. The number of rotatable bonds is 5. The molecule has 0 saturated heterocycles. The van der Waals surface area contributed by atoms with E-state index in [4.69, 9.17) is 11.6 Å². The highest BCUT2D eigenvalue weighted by Gasteiger charge is 2.15. The zero-order valence-corrected chi connectivity index (χ0v) is 8.49. The third-order valence-corrected chi connectivity index (χ3v) is 2.14. The van der Waals surface area contributed by atoms with Crippen LogP contribution in [0.1, 0.15) is 36.1 Å². The van der Waals surface area contributed by atoms with Gasteiger partial charge in [-0.1, -0.05) is 24.9 Å². The topological polar surface area (TPSA) is 64.3 Å².